The zero-order valence-corrected chi connectivity index (χ0v) is 24.2. The van der Waals surface area contributed by atoms with Crippen LogP contribution in [-0.4, -0.2) is 50.5 Å². The third-order valence-electron chi connectivity index (χ3n) is 8.71. The van der Waals surface area contributed by atoms with E-state index in [2.05, 4.69) is 35.0 Å². The summed E-state index contributed by atoms with van der Waals surface area (Å²) in [6.45, 7) is 4.81. The van der Waals surface area contributed by atoms with Crippen LogP contribution in [-0.2, 0) is 4.79 Å². The maximum atomic E-state index is 14.0. The molecule has 2 aliphatic rings. The van der Waals surface area contributed by atoms with Gasteiger partial charge in [0.05, 0.1) is 19.4 Å². The molecule has 0 aliphatic heterocycles. The molecule has 0 unspecified atom stereocenters. The molecule has 2 fully saturated rings. The van der Waals surface area contributed by atoms with Crippen molar-refractivity contribution < 1.29 is 14.6 Å². The number of aliphatic hydroxyl groups is 1. The molecule has 9 heteroatoms. The van der Waals surface area contributed by atoms with Crippen molar-refractivity contribution in [2.75, 3.05) is 18.6 Å². The second kappa shape index (κ2) is 12.8. The van der Waals surface area contributed by atoms with E-state index in [-0.39, 0.29) is 29.9 Å². The number of nitrogens with zero attached hydrogens (tertiary/aromatic N) is 6. The smallest absolute Gasteiger partial charge is 0.231 e. The summed E-state index contributed by atoms with van der Waals surface area (Å²) in [6.07, 6.45) is 11.9. The highest BCUT2D eigenvalue weighted by Crippen LogP contribution is 2.38. The van der Waals surface area contributed by atoms with Crippen molar-refractivity contribution in [2.24, 2.45) is 11.8 Å². The van der Waals surface area contributed by atoms with Crippen molar-refractivity contribution in [1.29, 1.82) is 5.26 Å². The Morgan fingerprint density at radius 1 is 1.12 bits per heavy atom. The van der Waals surface area contributed by atoms with Crippen LogP contribution in [0.15, 0.2) is 42.9 Å². The fourth-order valence-corrected chi connectivity index (χ4v) is 6.19. The maximum absolute atomic E-state index is 14.0. The van der Waals surface area contributed by atoms with E-state index in [1.54, 1.807) is 13.3 Å². The quantitative estimate of drug-likeness (QED) is 0.380. The lowest BCUT2D eigenvalue weighted by Gasteiger charge is -2.35. The Balaban J connectivity index is 1.34. The normalized spacial score (nSPS) is 22.7. The summed E-state index contributed by atoms with van der Waals surface area (Å²) >= 11 is 0. The van der Waals surface area contributed by atoms with E-state index in [4.69, 9.17) is 4.74 Å². The Morgan fingerprint density at radius 2 is 1.88 bits per heavy atom. The molecule has 9 nitrogen and oxygen atoms in total. The van der Waals surface area contributed by atoms with Crippen molar-refractivity contribution in [3.05, 3.63) is 54.2 Å². The van der Waals surface area contributed by atoms with Gasteiger partial charge in [0.1, 0.15) is 11.9 Å². The molecule has 1 amide bonds. The number of rotatable bonds is 8. The molecular weight excluding hydrogens is 516 g/mol. The number of ether oxygens (including phenoxy) is 1. The molecule has 0 saturated heterocycles. The van der Waals surface area contributed by atoms with Gasteiger partial charge in [0, 0.05) is 48.1 Å². The molecule has 3 aromatic rings. The van der Waals surface area contributed by atoms with Crippen LogP contribution in [0.2, 0.25) is 0 Å². The minimum atomic E-state index is -0.310. The number of anilines is 1. The van der Waals surface area contributed by atoms with Crippen LogP contribution in [0.25, 0.3) is 11.1 Å². The van der Waals surface area contributed by atoms with Crippen LogP contribution in [0.4, 0.5) is 5.82 Å². The zero-order valence-electron chi connectivity index (χ0n) is 24.2. The van der Waals surface area contributed by atoms with E-state index in [0.717, 1.165) is 42.5 Å². The van der Waals surface area contributed by atoms with E-state index in [1.807, 2.05) is 46.2 Å². The first-order chi connectivity index (χ1) is 19.9. The van der Waals surface area contributed by atoms with Gasteiger partial charge in [0.2, 0.25) is 5.91 Å². The molecule has 216 valence electrons. The number of nitriles is 1. The topological polar surface area (TPSA) is 117 Å². The number of carbonyl (C=O) groups excluding carboxylic acids is 1. The molecule has 3 aromatic heterocycles. The van der Waals surface area contributed by atoms with Crippen molar-refractivity contribution >= 4 is 11.7 Å². The minimum absolute atomic E-state index is 0.100. The van der Waals surface area contributed by atoms with Gasteiger partial charge >= 0.3 is 0 Å². The Morgan fingerprint density at radius 3 is 2.54 bits per heavy atom. The van der Waals surface area contributed by atoms with Gasteiger partial charge in [-0.1, -0.05) is 0 Å². The summed E-state index contributed by atoms with van der Waals surface area (Å²) in [7, 11) is 1.55. The first-order valence-electron chi connectivity index (χ1n) is 14.8. The third-order valence-corrected chi connectivity index (χ3v) is 8.71. The van der Waals surface area contributed by atoms with E-state index in [9.17, 15) is 15.2 Å². The Bertz CT molecular complexity index is 1380. The first kappa shape index (κ1) is 28.7. The number of hydrogen-bond donors (Lipinski definition) is 1. The minimum Gasteiger partial charge on any atom is -0.494 e. The highest BCUT2D eigenvalue weighted by molar-refractivity contribution is 5.94. The van der Waals surface area contributed by atoms with Crippen LogP contribution in [0, 0.1) is 23.2 Å². The Kier molecular flexibility index (Phi) is 8.99. The lowest BCUT2D eigenvalue weighted by atomic mass is 9.79. The van der Waals surface area contributed by atoms with Gasteiger partial charge in [-0.3, -0.25) is 14.4 Å². The molecule has 0 aromatic carbocycles. The van der Waals surface area contributed by atoms with Gasteiger partial charge in [-0.05, 0) is 101 Å². The number of aromatic nitrogens is 4. The summed E-state index contributed by atoms with van der Waals surface area (Å²) in [4.78, 5) is 25.1. The lowest BCUT2D eigenvalue weighted by molar-refractivity contribution is -0.124. The SMILES string of the molecule is COc1ccc(C2CCC(CN(C(=O)C3CCC(O)CC3)c3cc(-c4cnn(C(C)C)c4)ccn3)CC2)nc1C#N. The van der Waals surface area contributed by atoms with E-state index in [0.29, 0.717) is 55.4 Å². The van der Waals surface area contributed by atoms with Crippen LogP contribution < -0.4 is 9.64 Å². The molecule has 3 heterocycles. The first-order valence-corrected chi connectivity index (χ1v) is 14.8. The van der Waals surface area contributed by atoms with Crippen molar-refractivity contribution in [3.63, 3.8) is 0 Å². The van der Waals surface area contributed by atoms with Gasteiger partial charge in [-0.25, -0.2) is 9.97 Å². The van der Waals surface area contributed by atoms with Gasteiger partial charge < -0.3 is 9.84 Å². The van der Waals surface area contributed by atoms with Crippen LogP contribution in [0.1, 0.15) is 88.6 Å². The molecule has 0 spiro atoms. The molecule has 0 atom stereocenters. The highest BCUT2D eigenvalue weighted by atomic mass is 16.5. The predicted molar refractivity (Wildman–Crippen MR) is 156 cm³/mol. The van der Waals surface area contributed by atoms with E-state index < -0.39 is 0 Å². The standard InChI is InChI=1S/C32H40N6O3/c1-21(2)38-20-26(18-35-38)25-14-15-34-31(16-25)37(32(40)24-8-10-27(39)11-9-24)19-22-4-6-23(7-5-22)28-12-13-30(41-3)29(17-33)36-28/h12-16,18,20-24,27,39H,4-11,19H2,1-3H3. The number of pyridine rings is 2. The van der Waals surface area contributed by atoms with Crippen LogP contribution in [0.3, 0.4) is 0 Å². The van der Waals surface area contributed by atoms with Crippen molar-refractivity contribution in [3.8, 4) is 22.9 Å². The van der Waals surface area contributed by atoms with Gasteiger partial charge in [-0.2, -0.15) is 10.4 Å². The highest BCUT2D eigenvalue weighted by Gasteiger charge is 2.33. The monoisotopic (exact) mass is 556 g/mol. The molecule has 1 N–H and O–H groups in total. The summed E-state index contributed by atoms with van der Waals surface area (Å²) < 4.78 is 7.19. The van der Waals surface area contributed by atoms with Crippen LogP contribution >= 0.6 is 0 Å². The number of aliphatic hydroxyl groups excluding tert-OH is 1. The summed E-state index contributed by atoms with van der Waals surface area (Å²) in [6, 6.07) is 10.2. The predicted octanol–water partition coefficient (Wildman–Crippen LogP) is 5.66. The van der Waals surface area contributed by atoms with Gasteiger partial charge in [0.25, 0.3) is 0 Å². The fraction of sp³-hybridized carbons (Fsp3) is 0.531. The number of hydrogen-bond acceptors (Lipinski definition) is 7. The van der Waals surface area contributed by atoms with E-state index in [1.165, 1.54) is 0 Å². The van der Waals surface area contributed by atoms with E-state index >= 15 is 0 Å². The molecule has 0 bridgehead atoms. The second-order valence-corrected chi connectivity index (χ2v) is 11.8. The Hall–Kier alpha value is -3.77. The fourth-order valence-electron chi connectivity index (χ4n) is 6.19. The molecule has 5 rings (SSSR count). The molecule has 41 heavy (non-hydrogen) atoms. The number of carbonyl (C=O) groups is 1. The third kappa shape index (κ3) is 6.59. The average Bonchev–Trinajstić information content (AvgIpc) is 3.51. The van der Waals surface area contributed by atoms with Crippen molar-refractivity contribution in [1.82, 2.24) is 19.7 Å². The van der Waals surface area contributed by atoms with Crippen LogP contribution in [0.5, 0.6) is 5.75 Å². The zero-order chi connectivity index (χ0) is 28.9. The molecule has 2 saturated carbocycles. The van der Waals surface area contributed by atoms with Gasteiger partial charge in [0.15, 0.2) is 11.4 Å². The summed E-state index contributed by atoms with van der Waals surface area (Å²) in [5.74, 6) is 1.81. The number of amides is 1. The molecule has 0 radical (unpaired) electrons. The summed E-state index contributed by atoms with van der Waals surface area (Å²) in [5, 5.41) is 24.0. The largest absolute Gasteiger partial charge is 0.494 e. The second-order valence-electron chi connectivity index (χ2n) is 11.8. The van der Waals surface area contributed by atoms with Gasteiger partial charge in [-0.15, -0.1) is 0 Å². The number of methoxy groups -OCH3 is 1. The molecular formula is C32H40N6O3. The summed E-state index contributed by atoms with van der Waals surface area (Å²) in [5.41, 5.74) is 3.25. The molecule has 2 aliphatic carbocycles. The Labute approximate surface area is 242 Å². The average molecular weight is 557 g/mol. The lowest BCUT2D eigenvalue weighted by Crippen LogP contribution is -2.42. The maximum Gasteiger partial charge on any atom is 0.231 e. The van der Waals surface area contributed by atoms with Crippen molar-refractivity contribution in [2.45, 2.75) is 83.3 Å².